The zero-order chi connectivity index (χ0) is 4.83. The minimum atomic E-state index is 0.935. The first-order valence-electron chi connectivity index (χ1n) is 2.18. The van der Waals surface area contributed by atoms with E-state index in [1.165, 1.54) is 36.3 Å². The summed E-state index contributed by atoms with van der Waals surface area (Å²) < 4.78 is 4.83. The Kier molecular flexibility index (Phi) is 6.53. The second kappa shape index (κ2) is 5.78. The van der Waals surface area contributed by atoms with E-state index in [1.54, 1.807) is 0 Å². The molecule has 0 aliphatic carbocycles. The van der Waals surface area contributed by atoms with Crippen LogP contribution >= 0.6 is 0 Å². The quantitative estimate of drug-likeness (QED) is 0.479. The third-order valence-electron chi connectivity index (χ3n) is 0.589. The molecule has 0 spiro atoms. The third-order valence-corrected chi connectivity index (χ3v) is 1.11. The van der Waals surface area contributed by atoms with Gasteiger partial charge >= 0.3 is 52.8 Å². The van der Waals surface area contributed by atoms with Crippen molar-refractivity contribution in [1.29, 1.82) is 0 Å². The van der Waals surface area contributed by atoms with E-state index in [0.717, 1.165) is 6.61 Å². The van der Waals surface area contributed by atoms with Crippen molar-refractivity contribution in [2.24, 2.45) is 0 Å². The predicted octanol–water partition coefficient (Wildman–Crippen LogP) is 0.887. The number of unbranched alkanes of at least 4 members (excludes halogenated alkanes) is 1. The first kappa shape index (κ1) is 6.78. The van der Waals surface area contributed by atoms with Crippen molar-refractivity contribution in [3.05, 3.63) is 0 Å². The summed E-state index contributed by atoms with van der Waals surface area (Å²) in [5.41, 5.74) is 0. The van der Waals surface area contributed by atoms with Crippen molar-refractivity contribution in [1.82, 2.24) is 0 Å². The number of hydrogen-bond donors (Lipinski definition) is 0. The molecular weight excluding hydrogens is 186 g/mol. The molecule has 0 amide bonds. The van der Waals surface area contributed by atoms with Crippen LogP contribution in [0, 0.1) is 0 Å². The third kappa shape index (κ3) is 4.78. The van der Waals surface area contributed by atoms with Crippen molar-refractivity contribution in [2.45, 2.75) is 19.8 Å². The Bertz CT molecular complexity index is 19.5. The molecule has 0 atom stereocenters. The summed E-state index contributed by atoms with van der Waals surface area (Å²) in [5.74, 6) is 0. The van der Waals surface area contributed by atoms with Crippen LogP contribution in [0.25, 0.3) is 0 Å². The van der Waals surface area contributed by atoms with Crippen LogP contribution < -0.4 is 0 Å². The molecule has 0 aromatic carbocycles. The summed E-state index contributed by atoms with van der Waals surface area (Å²) in [6.45, 7) is 3.09. The van der Waals surface area contributed by atoms with Crippen molar-refractivity contribution >= 4 is 23.4 Å². The standard InChI is InChI=1S/C4H9O.Sb/c1-2-3-4-5;/h2-4H2,1H3;/q-1;+1. The molecule has 0 fully saturated rings. The average molecular weight is 195 g/mol. The molecule has 0 saturated heterocycles. The van der Waals surface area contributed by atoms with Gasteiger partial charge in [0.2, 0.25) is 0 Å². The second-order valence-electron chi connectivity index (χ2n) is 1.19. The molecule has 0 N–H and O–H groups in total. The van der Waals surface area contributed by atoms with E-state index in [0.29, 0.717) is 0 Å². The number of hydrogen-bond acceptors (Lipinski definition) is 1. The van der Waals surface area contributed by atoms with Gasteiger partial charge in [0.15, 0.2) is 0 Å². The number of rotatable bonds is 3. The Hall–Kier alpha value is 0.778. The monoisotopic (exact) mass is 194 g/mol. The maximum atomic E-state index is 4.83. The molecule has 2 radical (unpaired) electrons. The Morgan fingerprint density at radius 1 is 1.67 bits per heavy atom. The molecule has 1 nitrogen and oxygen atoms in total. The fourth-order valence-electron chi connectivity index (χ4n) is 0.209. The van der Waals surface area contributed by atoms with Crippen LogP contribution in [0.5, 0.6) is 0 Å². The van der Waals surface area contributed by atoms with Crippen LogP contribution in [-0.2, 0) is 3.02 Å². The zero-order valence-electron chi connectivity index (χ0n) is 3.98. The summed E-state index contributed by atoms with van der Waals surface area (Å²) in [6, 6.07) is 0. The summed E-state index contributed by atoms with van der Waals surface area (Å²) in [4.78, 5) is 0. The van der Waals surface area contributed by atoms with Gasteiger partial charge in [0.1, 0.15) is 0 Å². The van der Waals surface area contributed by atoms with Crippen LogP contribution in [0.1, 0.15) is 19.8 Å². The van der Waals surface area contributed by atoms with E-state index in [-0.39, 0.29) is 0 Å². The van der Waals surface area contributed by atoms with Gasteiger partial charge in [-0.3, -0.25) is 0 Å². The van der Waals surface area contributed by atoms with E-state index in [2.05, 4.69) is 6.92 Å². The minimum absolute atomic E-state index is 0.935. The molecular formula is C4H9OSb. The van der Waals surface area contributed by atoms with Gasteiger partial charge < -0.3 is 0 Å². The van der Waals surface area contributed by atoms with E-state index >= 15 is 0 Å². The molecule has 0 unspecified atom stereocenters. The zero-order valence-corrected chi connectivity index (χ0v) is 6.53. The summed E-state index contributed by atoms with van der Waals surface area (Å²) in [7, 11) is 0. The molecule has 0 aromatic heterocycles. The average Bonchev–Trinajstić information content (AvgIpc) is 1.61. The summed E-state index contributed by atoms with van der Waals surface area (Å²) in [5, 5.41) is 0. The van der Waals surface area contributed by atoms with Crippen LogP contribution in [0.2, 0.25) is 0 Å². The van der Waals surface area contributed by atoms with Gasteiger partial charge in [-0.05, 0) is 0 Å². The maximum absolute atomic E-state index is 4.83. The first-order chi connectivity index (χ1) is 2.91. The molecule has 0 heterocycles. The fourth-order valence-corrected chi connectivity index (χ4v) is 0.577. The van der Waals surface area contributed by atoms with E-state index in [9.17, 15) is 0 Å². The molecule has 0 aliphatic rings. The van der Waals surface area contributed by atoms with Crippen molar-refractivity contribution in [3.8, 4) is 0 Å². The van der Waals surface area contributed by atoms with Crippen LogP contribution in [0.4, 0.5) is 0 Å². The fraction of sp³-hybridized carbons (Fsp3) is 1.00. The Morgan fingerprint density at radius 3 is 2.50 bits per heavy atom. The van der Waals surface area contributed by atoms with E-state index in [1.807, 2.05) is 0 Å². The van der Waals surface area contributed by atoms with Crippen LogP contribution in [-0.4, -0.2) is 30.0 Å². The molecule has 0 rings (SSSR count). The van der Waals surface area contributed by atoms with Gasteiger partial charge in [0, 0.05) is 0 Å². The topological polar surface area (TPSA) is 9.23 Å². The Labute approximate surface area is 53.1 Å². The van der Waals surface area contributed by atoms with Crippen LogP contribution in [0.15, 0.2) is 0 Å². The molecule has 0 bridgehead atoms. The molecule has 0 aliphatic heterocycles. The first-order valence-corrected chi connectivity index (χ1v) is 3.22. The normalized spacial score (nSPS) is 9.00. The second-order valence-corrected chi connectivity index (χ2v) is 1.92. The predicted molar refractivity (Wildman–Crippen MR) is 26.6 cm³/mol. The summed E-state index contributed by atoms with van der Waals surface area (Å²) >= 11 is 1.43. The Balaban J connectivity index is 2.34. The molecule has 6 heavy (non-hydrogen) atoms. The molecule has 36 valence electrons. The van der Waals surface area contributed by atoms with Gasteiger partial charge in [-0.2, -0.15) is 0 Å². The van der Waals surface area contributed by atoms with Crippen LogP contribution in [0.3, 0.4) is 0 Å². The van der Waals surface area contributed by atoms with Gasteiger partial charge in [-0.15, -0.1) is 0 Å². The molecule has 0 aromatic rings. The SMILES string of the molecule is CCCC[O][Sb]. The van der Waals surface area contributed by atoms with Crippen molar-refractivity contribution < 1.29 is 3.02 Å². The molecule has 0 saturated carbocycles. The Morgan fingerprint density at radius 2 is 2.33 bits per heavy atom. The summed E-state index contributed by atoms with van der Waals surface area (Å²) in [6.07, 6.45) is 2.44. The van der Waals surface area contributed by atoms with Gasteiger partial charge in [0.25, 0.3) is 0 Å². The van der Waals surface area contributed by atoms with E-state index in [4.69, 9.17) is 3.02 Å². The molecule has 2 heteroatoms. The van der Waals surface area contributed by atoms with Crippen molar-refractivity contribution in [3.63, 3.8) is 0 Å². The van der Waals surface area contributed by atoms with Crippen molar-refractivity contribution in [2.75, 3.05) is 6.61 Å². The van der Waals surface area contributed by atoms with Gasteiger partial charge in [0.05, 0.1) is 0 Å². The van der Waals surface area contributed by atoms with E-state index < -0.39 is 0 Å². The van der Waals surface area contributed by atoms with Gasteiger partial charge in [-0.1, -0.05) is 0 Å². The van der Waals surface area contributed by atoms with Gasteiger partial charge in [-0.25, -0.2) is 0 Å².